The van der Waals surface area contributed by atoms with E-state index < -0.39 is 0 Å². The first-order valence-electron chi connectivity index (χ1n) is 7.69. The van der Waals surface area contributed by atoms with Gasteiger partial charge >= 0.3 is 0 Å². The molecule has 0 bridgehead atoms. The number of thioether (sulfide) groups is 2. The number of benzene rings is 1. The summed E-state index contributed by atoms with van der Waals surface area (Å²) >= 11 is 3.09. The van der Waals surface area contributed by atoms with Crippen molar-refractivity contribution < 1.29 is 14.6 Å². The van der Waals surface area contributed by atoms with Crippen LogP contribution in [0.4, 0.5) is 0 Å². The maximum absolute atomic E-state index is 11.5. The van der Waals surface area contributed by atoms with Gasteiger partial charge in [0, 0.05) is 17.1 Å². The second kappa shape index (κ2) is 11.3. The molecule has 0 heterocycles. The van der Waals surface area contributed by atoms with E-state index in [9.17, 15) is 9.90 Å². The zero-order valence-corrected chi connectivity index (χ0v) is 15.3. The van der Waals surface area contributed by atoms with E-state index in [0.717, 1.165) is 35.7 Å². The zero-order chi connectivity index (χ0) is 17.1. The van der Waals surface area contributed by atoms with E-state index in [1.54, 1.807) is 23.9 Å². The molecule has 0 atom stereocenters. The van der Waals surface area contributed by atoms with Gasteiger partial charge in [-0.2, -0.15) is 17.0 Å². The summed E-state index contributed by atoms with van der Waals surface area (Å²) < 4.78 is 5.79. The third-order valence-electron chi connectivity index (χ3n) is 3.20. The Bertz CT molecular complexity index is 556. The largest absolute Gasteiger partial charge is 0.507 e. The molecule has 0 aliphatic heterocycles. The highest BCUT2D eigenvalue weighted by molar-refractivity contribution is 8.05. The number of rotatable bonds is 11. The molecule has 0 aromatic heterocycles. The number of carbonyl (C=O) groups is 1. The average molecular weight is 354 g/mol. The smallest absolute Gasteiger partial charge is 0.163 e. The van der Waals surface area contributed by atoms with Crippen molar-refractivity contribution in [3.8, 4) is 16.9 Å². The molecule has 126 valence electrons. The van der Waals surface area contributed by atoms with Crippen LogP contribution in [0.25, 0.3) is 0 Å². The Kier molecular flexibility index (Phi) is 9.65. The van der Waals surface area contributed by atoms with Crippen LogP contribution in [0, 0.1) is 10.7 Å². The monoisotopic (exact) mass is 353 g/mol. The van der Waals surface area contributed by atoms with Crippen molar-refractivity contribution in [1.29, 1.82) is 5.26 Å². The Morgan fingerprint density at radius 1 is 1.35 bits per heavy atom. The van der Waals surface area contributed by atoms with Crippen LogP contribution in [-0.2, 0) is 6.42 Å². The fraction of sp³-hybridized carbons (Fsp3) is 0.529. The maximum Gasteiger partial charge on any atom is 0.163 e. The van der Waals surface area contributed by atoms with Crippen LogP contribution in [0.15, 0.2) is 12.1 Å². The average Bonchev–Trinajstić information content (AvgIpc) is 2.52. The van der Waals surface area contributed by atoms with Gasteiger partial charge < -0.3 is 9.84 Å². The van der Waals surface area contributed by atoms with Gasteiger partial charge in [-0.1, -0.05) is 13.3 Å². The summed E-state index contributed by atoms with van der Waals surface area (Å²) in [5.74, 6) is 3.38. The van der Waals surface area contributed by atoms with Crippen LogP contribution in [0.1, 0.15) is 42.6 Å². The van der Waals surface area contributed by atoms with E-state index in [-0.39, 0.29) is 11.5 Å². The third kappa shape index (κ3) is 6.76. The maximum atomic E-state index is 11.5. The summed E-state index contributed by atoms with van der Waals surface area (Å²) in [7, 11) is 0. The van der Waals surface area contributed by atoms with Crippen LogP contribution in [0.3, 0.4) is 0 Å². The SMILES string of the molecule is CCCc1c(OCCCSCCSC#N)ccc(C(C)=O)c1O. The van der Waals surface area contributed by atoms with Crippen molar-refractivity contribution >= 4 is 29.3 Å². The highest BCUT2D eigenvalue weighted by Gasteiger charge is 2.15. The fourth-order valence-electron chi connectivity index (χ4n) is 2.12. The van der Waals surface area contributed by atoms with Crippen LogP contribution in [0.2, 0.25) is 0 Å². The molecule has 0 fully saturated rings. The molecule has 0 unspecified atom stereocenters. The number of ketones is 1. The van der Waals surface area contributed by atoms with Gasteiger partial charge in [0.2, 0.25) is 0 Å². The topological polar surface area (TPSA) is 70.3 Å². The molecule has 6 heteroatoms. The first-order valence-corrected chi connectivity index (χ1v) is 9.83. The number of hydrogen-bond donors (Lipinski definition) is 1. The quantitative estimate of drug-likeness (QED) is 0.364. The molecule has 1 rings (SSSR count). The molecule has 1 aromatic carbocycles. The number of nitriles is 1. The number of thiocyanates is 1. The van der Waals surface area contributed by atoms with Gasteiger partial charge in [-0.3, -0.25) is 4.79 Å². The zero-order valence-electron chi connectivity index (χ0n) is 13.6. The number of phenols is 1. The molecular weight excluding hydrogens is 330 g/mol. The number of nitrogens with zero attached hydrogens (tertiary/aromatic N) is 1. The molecule has 1 aromatic rings. The minimum absolute atomic E-state index is 0.0553. The van der Waals surface area contributed by atoms with Crippen molar-refractivity contribution in [1.82, 2.24) is 0 Å². The van der Waals surface area contributed by atoms with E-state index in [0.29, 0.717) is 24.3 Å². The van der Waals surface area contributed by atoms with E-state index >= 15 is 0 Å². The molecule has 0 spiro atoms. The summed E-state index contributed by atoms with van der Waals surface area (Å²) in [4.78, 5) is 11.5. The Labute approximate surface area is 146 Å². The Hall–Kier alpha value is -1.32. The van der Waals surface area contributed by atoms with Crippen LogP contribution in [-0.4, -0.2) is 34.8 Å². The Morgan fingerprint density at radius 2 is 2.13 bits per heavy atom. The van der Waals surface area contributed by atoms with E-state index in [2.05, 4.69) is 5.40 Å². The van der Waals surface area contributed by atoms with Crippen LogP contribution < -0.4 is 4.74 Å². The van der Waals surface area contributed by atoms with Gasteiger partial charge in [0.25, 0.3) is 0 Å². The van der Waals surface area contributed by atoms with Crippen molar-refractivity contribution in [3.63, 3.8) is 0 Å². The Balaban J connectivity index is 2.51. The van der Waals surface area contributed by atoms with Gasteiger partial charge in [-0.05, 0) is 49.4 Å². The second-order valence-corrected chi connectivity index (χ2v) is 7.10. The predicted molar refractivity (Wildman–Crippen MR) is 97.6 cm³/mol. The predicted octanol–water partition coefficient (Wildman–Crippen LogP) is 4.26. The summed E-state index contributed by atoms with van der Waals surface area (Å²) in [5.41, 5.74) is 1.07. The summed E-state index contributed by atoms with van der Waals surface area (Å²) in [6, 6.07) is 3.40. The second-order valence-electron chi connectivity index (χ2n) is 5.00. The minimum atomic E-state index is -0.141. The number of carbonyl (C=O) groups excluding carboxylic acids is 1. The lowest BCUT2D eigenvalue weighted by molar-refractivity contribution is 0.101. The normalized spacial score (nSPS) is 10.3. The number of hydrogen-bond acceptors (Lipinski definition) is 6. The summed E-state index contributed by atoms with van der Waals surface area (Å²) in [5, 5.41) is 20.7. The van der Waals surface area contributed by atoms with E-state index in [1.807, 2.05) is 6.92 Å². The van der Waals surface area contributed by atoms with Crippen molar-refractivity contribution in [3.05, 3.63) is 23.3 Å². The minimum Gasteiger partial charge on any atom is -0.507 e. The fourth-order valence-corrected chi connectivity index (χ4v) is 3.54. The highest BCUT2D eigenvalue weighted by atomic mass is 32.2. The number of ether oxygens (including phenoxy) is 1. The van der Waals surface area contributed by atoms with Gasteiger partial charge in [0.15, 0.2) is 5.78 Å². The first kappa shape index (κ1) is 19.7. The standard InChI is InChI=1S/C17H23NO3S2/c1-3-5-15-16(7-6-14(13(2)19)17(15)20)21-8-4-9-22-10-11-23-12-18/h6-7,20H,3-5,8-11H2,1-2H3. The molecule has 0 amide bonds. The van der Waals surface area contributed by atoms with E-state index in [4.69, 9.17) is 10.00 Å². The Morgan fingerprint density at radius 3 is 2.78 bits per heavy atom. The molecular formula is C17H23NO3S2. The van der Waals surface area contributed by atoms with Crippen molar-refractivity contribution in [2.45, 2.75) is 33.1 Å². The number of phenolic OH excluding ortho intramolecular Hbond substituents is 1. The van der Waals surface area contributed by atoms with Crippen LogP contribution >= 0.6 is 23.5 Å². The lowest BCUT2D eigenvalue weighted by Crippen LogP contribution is -2.04. The van der Waals surface area contributed by atoms with Gasteiger partial charge in [0.1, 0.15) is 16.9 Å². The van der Waals surface area contributed by atoms with Gasteiger partial charge in [-0.25, -0.2) is 0 Å². The van der Waals surface area contributed by atoms with Gasteiger partial charge in [-0.15, -0.1) is 0 Å². The lowest BCUT2D eigenvalue weighted by atomic mass is 10.0. The van der Waals surface area contributed by atoms with E-state index in [1.165, 1.54) is 18.7 Å². The molecule has 0 saturated heterocycles. The molecule has 0 aliphatic carbocycles. The molecule has 0 aliphatic rings. The third-order valence-corrected chi connectivity index (χ3v) is 5.07. The highest BCUT2D eigenvalue weighted by Crippen LogP contribution is 2.33. The molecule has 0 radical (unpaired) electrons. The van der Waals surface area contributed by atoms with Crippen molar-refractivity contribution in [2.24, 2.45) is 0 Å². The lowest BCUT2D eigenvalue weighted by Gasteiger charge is -2.14. The summed E-state index contributed by atoms with van der Waals surface area (Å²) in [6.07, 6.45) is 2.46. The molecule has 0 saturated carbocycles. The number of Topliss-reactive ketones (excluding diaryl/α,β-unsaturated/α-hetero) is 1. The van der Waals surface area contributed by atoms with Crippen LogP contribution in [0.5, 0.6) is 11.5 Å². The molecule has 23 heavy (non-hydrogen) atoms. The summed E-state index contributed by atoms with van der Waals surface area (Å²) in [6.45, 7) is 4.06. The van der Waals surface area contributed by atoms with Crippen molar-refractivity contribution in [2.75, 3.05) is 23.9 Å². The van der Waals surface area contributed by atoms with Gasteiger partial charge in [0.05, 0.1) is 12.2 Å². The molecule has 1 N–H and O–H groups in total. The molecule has 4 nitrogen and oxygen atoms in total. The number of aromatic hydroxyl groups is 1. The first-order chi connectivity index (χ1) is 11.1.